The van der Waals surface area contributed by atoms with Gasteiger partial charge in [-0.2, -0.15) is 5.10 Å². The molecule has 0 aromatic carbocycles. The number of nitrogens with zero attached hydrogens (tertiary/aromatic N) is 3. The van der Waals surface area contributed by atoms with Crippen LogP contribution in [-0.2, 0) is 17.9 Å². The fraction of sp³-hybridized carbons (Fsp3) is 0.500. The standard InChI is InChI=1S/C20H27N5O4/c1-13(2)7-8-21-19(28)20(3)12-25-16(18(27)24(20)4)10-15(23-25)17(26)22-11-14-6-5-9-29-14/h5-6,9-10,13H,7-8,11-12H2,1-4H3,(H,21,28)(H,22,26)/t20-/m0/s1. The number of amides is 3. The average Bonchev–Trinajstić information content (AvgIpc) is 3.33. The van der Waals surface area contributed by atoms with Crippen molar-refractivity contribution in [3.63, 3.8) is 0 Å². The lowest BCUT2D eigenvalue weighted by molar-refractivity contribution is -0.132. The van der Waals surface area contributed by atoms with E-state index in [2.05, 4.69) is 29.6 Å². The molecule has 0 fully saturated rings. The first kappa shape index (κ1) is 20.6. The highest BCUT2D eigenvalue weighted by molar-refractivity contribution is 6.01. The summed E-state index contributed by atoms with van der Waals surface area (Å²) in [5.41, 5.74) is -0.685. The maximum Gasteiger partial charge on any atom is 0.272 e. The number of likely N-dealkylation sites (N-methyl/N-ethyl adjacent to an activating group) is 1. The SMILES string of the molecule is CC(C)CCNC(=O)[C@]1(C)Cn2nc(C(=O)NCc3ccco3)cc2C(=O)N1C. The van der Waals surface area contributed by atoms with E-state index >= 15 is 0 Å². The van der Waals surface area contributed by atoms with E-state index < -0.39 is 11.4 Å². The summed E-state index contributed by atoms with van der Waals surface area (Å²) in [4.78, 5) is 39.5. The van der Waals surface area contributed by atoms with Crippen LogP contribution in [0.1, 0.15) is 53.9 Å². The van der Waals surface area contributed by atoms with Gasteiger partial charge < -0.3 is 20.0 Å². The first-order valence-corrected chi connectivity index (χ1v) is 9.67. The molecular weight excluding hydrogens is 374 g/mol. The number of fused-ring (bicyclic) bond motifs is 1. The van der Waals surface area contributed by atoms with Crippen LogP contribution in [0.15, 0.2) is 28.9 Å². The Kier molecular flexibility index (Phi) is 5.76. The minimum atomic E-state index is -1.09. The lowest BCUT2D eigenvalue weighted by Gasteiger charge is -2.40. The predicted octanol–water partition coefficient (Wildman–Crippen LogP) is 1.41. The molecule has 0 saturated carbocycles. The van der Waals surface area contributed by atoms with Gasteiger partial charge in [0.1, 0.15) is 17.0 Å². The van der Waals surface area contributed by atoms with Gasteiger partial charge in [-0.25, -0.2) is 0 Å². The number of carbonyl (C=O) groups excluding carboxylic acids is 3. The fourth-order valence-electron chi connectivity index (χ4n) is 3.17. The fourth-order valence-corrected chi connectivity index (χ4v) is 3.17. The van der Waals surface area contributed by atoms with E-state index in [1.54, 1.807) is 26.1 Å². The summed E-state index contributed by atoms with van der Waals surface area (Å²) in [6.07, 6.45) is 2.38. The van der Waals surface area contributed by atoms with Crippen LogP contribution in [0.4, 0.5) is 0 Å². The van der Waals surface area contributed by atoms with Crippen molar-refractivity contribution in [3.8, 4) is 0 Å². The molecule has 0 bridgehead atoms. The molecule has 9 heteroatoms. The molecule has 3 heterocycles. The highest BCUT2D eigenvalue weighted by Gasteiger charge is 2.46. The van der Waals surface area contributed by atoms with Crippen LogP contribution >= 0.6 is 0 Å². The Labute approximate surface area is 169 Å². The van der Waals surface area contributed by atoms with E-state index in [1.807, 2.05) is 0 Å². The molecule has 1 aliphatic heterocycles. The maximum atomic E-state index is 12.8. The minimum Gasteiger partial charge on any atom is -0.467 e. The smallest absolute Gasteiger partial charge is 0.272 e. The molecule has 1 aliphatic rings. The van der Waals surface area contributed by atoms with Crippen LogP contribution in [0, 0.1) is 5.92 Å². The predicted molar refractivity (Wildman–Crippen MR) is 105 cm³/mol. The third-order valence-electron chi connectivity index (χ3n) is 5.23. The van der Waals surface area contributed by atoms with Crippen molar-refractivity contribution in [3.05, 3.63) is 41.6 Å². The second-order valence-corrected chi connectivity index (χ2v) is 7.91. The van der Waals surface area contributed by atoms with E-state index in [0.29, 0.717) is 18.2 Å². The van der Waals surface area contributed by atoms with Crippen molar-refractivity contribution < 1.29 is 18.8 Å². The van der Waals surface area contributed by atoms with Crippen LogP contribution in [0.2, 0.25) is 0 Å². The zero-order valence-electron chi connectivity index (χ0n) is 17.2. The molecule has 156 valence electrons. The number of furan rings is 1. The first-order chi connectivity index (χ1) is 13.7. The Balaban J connectivity index is 1.73. The van der Waals surface area contributed by atoms with Crippen molar-refractivity contribution in [2.24, 2.45) is 5.92 Å². The molecule has 2 aromatic heterocycles. The number of hydrogen-bond donors (Lipinski definition) is 2. The molecule has 0 spiro atoms. The summed E-state index contributed by atoms with van der Waals surface area (Å²) in [6, 6.07) is 4.94. The Morgan fingerprint density at radius 3 is 2.76 bits per heavy atom. The van der Waals surface area contributed by atoms with Crippen molar-refractivity contribution in [2.75, 3.05) is 13.6 Å². The second-order valence-electron chi connectivity index (χ2n) is 7.91. The van der Waals surface area contributed by atoms with E-state index in [0.717, 1.165) is 6.42 Å². The van der Waals surface area contributed by atoms with Gasteiger partial charge in [-0.1, -0.05) is 13.8 Å². The van der Waals surface area contributed by atoms with Gasteiger partial charge >= 0.3 is 0 Å². The third kappa shape index (κ3) is 4.18. The van der Waals surface area contributed by atoms with Gasteiger partial charge in [-0.05, 0) is 31.4 Å². The molecule has 0 radical (unpaired) electrons. The number of aromatic nitrogens is 2. The number of rotatable bonds is 7. The summed E-state index contributed by atoms with van der Waals surface area (Å²) in [7, 11) is 1.59. The van der Waals surface area contributed by atoms with Crippen LogP contribution in [0.5, 0.6) is 0 Å². The molecule has 1 atom stereocenters. The van der Waals surface area contributed by atoms with Crippen molar-refractivity contribution in [1.82, 2.24) is 25.3 Å². The zero-order valence-corrected chi connectivity index (χ0v) is 17.2. The lowest BCUT2D eigenvalue weighted by Crippen LogP contribution is -2.62. The van der Waals surface area contributed by atoms with Crippen molar-refractivity contribution in [1.29, 1.82) is 0 Å². The second kappa shape index (κ2) is 8.10. The molecule has 3 amide bonds. The molecule has 3 rings (SSSR count). The summed E-state index contributed by atoms with van der Waals surface area (Å²) < 4.78 is 6.62. The Morgan fingerprint density at radius 1 is 1.34 bits per heavy atom. The number of hydrogen-bond acceptors (Lipinski definition) is 5. The van der Waals surface area contributed by atoms with E-state index in [-0.39, 0.29) is 36.3 Å². The molecule has 2 N–H and O–H groups in total. The summed E-state index contributed by atoms with van der Waals surface area (Å²) in [6.45, 7) is 6.80. The van der Waals surface area contributed by atoms with Gasteiger partial charge in [0.05, 0.1) is 19.4 Å². The molecule has 0 saturated heterocycles. The molecule has 2 aromatic rings. The number of nitrogens with one attached hydrogen (secondary N) is 2. The van der Waals surface area contributed by atoms with Gasteiger partial charge in [0.15, 0.2) is 5.69 Å². The zero-order chi connectivity index (χ0) is 21.2. The minimum absolute atomic E-state index is 0.123. The molecule has 0 aliphatic carbocycles. The number of carbonyl (C=O) groups is 3. The normalized spacial score (nSPS) is 18.7. The maximum absolute atomic E-state index is 12.8. The molecule has 0 unspecified atom stereocenters. The van der Waals surface area contributed by atoms with Crippen LogP contribution < -0.4 is 10.6 Å². The first-order valence-electron chi connectivity index (χ1n) is 9.67. The van der Waals surface area contributed by atoms with Crippen LogP contribution in [-0.4, -0.2) is 51.5 Å². The Bertz CT molecular complexity index is 902. The third-order valence-corrected chi connectivity index (χ3v) is 5.23. The topological polar surface area (TPSA) is 109 Å². The largest absolute Gasteiger partial charge is 0.467 e. The van der Waals surface area contributed by atoms with Crippen molar-refractivity contribution >= 4 is 17.7 Å². The van der Waals surface area contributed by atoms with Crippen molar-refractivity contribution in [2.45, 2.75) is 45.8 Å². The monoisotopic (exact) mass is 401 g/mol. The van der Waals surface area contributed by atoms with Crippen LogP contribution in [0.3, 0.4) is 0 Å². The van der Waals surface area contributed by atoms with Gasteiger partial charge in [0, 0.05) is 19.7 Å². The Morgan fingerprint density at radius 2 is 2.10 bits per heavy atom. The van der Waals surface area contributed by atoms with Gasteiger partial charge in [0.2, 0.25) is 5.91 Å². The van der Waals surface area contributed by atoms with E-state index in [4.69, 9.17) is 4.42 Å². The quantitative estimate of drug-likeness (QED) is 0.729. The van der Waals surface area contributed by atoms with Gasteiger partial charge in [-0.3, -0.25) is 19.1 Å². The molecule has 9 nitrogen and oxygen atoms in total. The highest BCUT2D eigenvalue weighted by atomic mass is 16.3. The summed E-state index contributed by atoms with van der Waals surface area (Å²) >= 11 is 0. The molecule has 29 heavy (non-hydrogen) atoms. The summed E-state index contributed by atoms with van der Waals surface area (Å²) in [5, 5.41) is 9.88. The van der Waals surface area contributed by atoms with Gasteiger partial charge in [-0.15, -0.1) is 0 Å². The summed E-state index contributed by atoms with van der Waals surface area (Å²) in [5.74, 6) is 0.0775. The Hall–Kier alpha value is -3.10. The highest BCUT2D eigenvalue weighted by Crippen LogP contribution is 2.26. The van der Waals surface area contributed by atoms with E-state index in [9.17, 15) is 14.4 Å². The average molecular weight is 401 g/mol. The van der Waals surface area contributed by atoms with E-state index in [1.165, 1.54) is 21.9 Å². The lowest BCUT2D eigenvalue weighted by atomic mass is 9.95. The van der Waals surface area contributed by atoms with Gasteiger partial charge in [0.25, 0.3) is 11.8 Å². The van der Waals surface area contributed by atoms with Crippen LogP contribution in [0.25, 0.3) is 0 Å². The molecular formula is C20H27N5O4.